The lowest BCUT2D eigenvalue weighted by Gasteiger charge is -2.13. The number of halogens is 1. The summed E-state index contributed by atoms with van der Waals surface area (Å²) in [5, 5.41) is 0.544. The van der Waals surface area contributed by atoms with Crippen molar-refractivity contribution in [1.82, 2.24) is 9.97 Å². The van der Waals surface area contributed by atoms with Gasteiger partial charge in [-0.3, -0.25) is 9.97 Å². The lowest BCUT2D eigenvalue weighted by molar-refractivity contribution is 0.412. The van der Waals surface area contributed by atoms with Gasteiger partial charge in [0.05, 0.1) is 30.1 Å². The smallest absolute Gasteiger partial charge is 0.137 e. The first kappa shape index (κ1) is 11.8. The first-order valence-corrected chi connectivity index (χ1v) is 5.45. The van der Waals surface area contributed by atoms with Crippen molar-refractivity contribution in [2.24, 2.45) is 5.73 Å². The van der Waals surface area contributed by atoms with Gasteiger partial charge in [0.25, 0.3) is 0 Å². The van der Waals surface area contributed by atoms with Crippen LogP contribution in [0.25, 0.3) is 0 Å². The second-order valence-electron chi connectivity index (χ2n) is 3.51. The summed E-state index contributed by atoms with van der Waals surface area (Å²) in [7, 11) is 1.58. The molecule has 0 fully saturated rings. The molecule has 0 spiro atoms. The number of aromatic nitrogens is 2. The second-order valence-corrected chi connectivity index (χ2v) is 3.91. The average molecular weight is 250 g/mol. The quantitative estimate of drug-likeness (QED) is 0.906. The van der Waals surface area contributed by atoms with E-state index in [1.807, 2.05) is 6.07 Å². The monoisotopic (exact) mass is 249 g/mol. The number of hydrogen-bond acceptors (Lipinski definition) is 4. The minimum atomic E-state index is -0.411. The Hall–Kier alpha value is -1.65. The molecule has 0 aliphatic heterocycles. The van der Waals surface area contributed by atoms with Crippen LogP contribution in [0.5, 0.6) is 5.75 Å². The van der Waals surface area contributed by atoms with Crippen LogP contribution in [-0.2, 0) is 0 Å². The van der Waals surface area contributed by atoms with Gasteiger partial charge in [-0.2, -0.15) is 0 Å². The summed E-state index contributed by atoms with van der Waals surface area (Å²) in [5.41, 5.74) is 7.54. The van der Waals surface area contributed by atoms with Crippen molar-refractivity contribution in [3.05, 3.63) is 53.1 Å². The highest BCUT2D eigenvalue weighted by Gasteiger charge is 2.14. The third-order valence-electron chi connectivity index (χ3n) is 2.41. The number of hydrogen-bond donors (Lipinski definition) is 1. The fourth-order valence-electron chi connectivity index (χ4n) is 1.50. The Balaban J connectivity index is 2.37. The highest BCUT2D eigenvalue weighted by molar-refractivity contribution is 6.31. The zero-order valence-electron chi connectivity index (χ0n) is 9.30. The van der Waals surface area contributed by atoms with Crippen LogP contribution in [0.1, 0.15) is 17.3 Å². The van der Waals surface area contributed by atoms with Gasteiger partial charge in [0.15, 0.2) is 0 Å². The summed E-state index contributed by atoms with van der Waals surface area (Å²) >= 11 is 6.05. The van der Waals surface area contributed by atoms with Crippen LogP contribution in [-0.4, -0.2) is 17.1 Å². The molecule has 2 rings (SSSR count). The van der Waals surface area contributed by atoms with E-state index in [-0.39, 0.29) is 0 Å². The first-order valence-electron chi connectivity index (χ1n) is 5.07. The zero-order chi connectivity index (χ0) is 12.3. The Kier molecular flexibility index (Phi) is 3.56. The molecule has 2 aromatic rings. The normalized spacial score (nSPS) is 12.2. The van der Waals surface area contributed by atoms with E-state index in [4.69, 9.17) is 22.1 Å². The third kappa shape index (κ3) is 2.54. The van der Waals surface area contributed by atoms with E-state index < -0.39 is 6.04 Å². The van der Waals surface area contributed by atoms with E-state index in [9.17, 15) is 0 Å². The van der Waals surface area contributed by atoms with Crippen molar-refractivity contribution in [1.29, 1.82) is 0 Å². The van der Waals surface area contributed by atoms with E-state index in [0.717, 1.165) is 5.56 Å². The Morgan fingerprint density at radius 3 is 2.94 bits per heavy atom. The Morgan fingerprint density at radius 1 is 1.41 bits per heavy atom. The van der Waals surface area contributed by atoms with Crippen LogP contribution in [0, 0.1) is 0 Å². The summed E-state index contributed by atoms with van der Waals surface area (Å²) in [6.07, 6.45) is 4.96. The molecule has 88 valence electrons. The van der Waals surface area contributed by atoms with Crippen molar-refractivity contribution >= 4 is 11.6 Å². The van der Waals surface area contributed by atoms with Crippen LogP contribution in [0.2, 0.25) is 5.02 Å². The number of nitrogens with zero attached hydrogens (tertiary/aromatic N) is 2. The predicted molar refractivity (Wildman–Crippen MR) is 66.1 cm³/mol. The molecule has 17 heavy (non-hydrogen) atoms. The number of nitrogens with two attached hydrogens (primary N) is 1. The minimum absolute atomic E-state index is 0.411. The molecule has 0 saturated heterocycles. The standard InChI is InChI=1S/C12H12ClN3O/c1-17-9-5-8(6-15-7-9)11(14)12-10(13)3-2-4-16-12/h2-7,11H,14H2,1H3. The van der Waals surface area contributed by atoms with Crippen LogP contribution in [0.3, 0.4) is 0 Å². The number of pyridine rings is 2. The van der Waals surface area contributed by atoms with E-state index in [0.29, 0.717) is 16.5 Å². The highest BCUT2D eigenvalue weighted by Crippen LogP contribution is 2.25. The fraction of sp³-hybridized carbons (Fsp3) is 0.167. The maximum atomic E-state index is 6.10. The summed E-state index contributed by atoms with van der Waals surface area (Å²) in [4.78, 5) is 8.24. The average Bonchev–Trinajstić information content (AvgIpc) is 2.38. The maximum Gasteiger partial charge on any atom is 0.137 e. The van der Waals surface area contributed by atoms with Gasteiger partial charge in [-0.15, -0.1) is 0 Å². The van der Waals surface area contributed by atoms with Gasteiger partial charge in [0, 0.05) is 12.4 Å². The number of methoxy groups -OCH3 is 1. The molecule has 1 atom stereocenters. The van der Waals surface area contributed by atoms with Crippen molar-refractivity contribution in [3.63, 3.8) is 0 Å². The molecule has 4 nitrogen and oxygen atoms in total. The Labute approximate surface area is 104 Å². The van der Waals surface area contributed by atoms with Crippen LogP contribution < -0.4 is 10.5 Å². The van der Waals surface area contributed by atoms with Gasteiger partial charge in [-0.25, -0.2) is 0 Å². The molecule has 5 heteroatoms. The van der Waals surface area contributed by atoms with Gasteiger partial charge < -0.3 is 10.5 Å². The van der Waals surface area contributed by atoms with E-state index >= 15 is 0 Å². The van der Waals surface area contributed by atoms with Gasteiger partial charge in [0.2, 0.25) is 0 Å². The molecule has 2 aromatic heterocycles. The van der Waals surface area contributed by atoms with Crippen molar-refractivity contribution in [2.75, 3.05) is 7.11 Å². The first-order chi connectivity index (χ1) is 8.22. The Bertz CT molecular complexity index is 519. The van der Waals surface area contributed by atoms with Crippen LogP contribution in [0.4, 0.5) is 0 Å². The minimum Gasteiger partial charge on any atom is -0.495 e. The van der Waals surface area contributed by atoms with Crippen LogP contribution in [0.15, 0.2) is 36.8 Å². The predicted octanol–water partition coefficient (Wildman–Crippen LogP) is 2.19. The van der Waals surface area contributed by atoms with Gasteiger partial charge >= 0.3 is 0 Å². The van der Waals surface area contributed by atoms with Gasteiger partial charge in [0.1, 0.15) is 5.75 Å². The molecule has 0 radical (unpaired) electrons. The summed E-state index contributed by atoms with van der Waals surface area (Å²) < 4.78 is 5.10. The number of rotatable bonds is 3. The van der Waals surface area contributed by atoms with Gasteiger partial charge in [-0.1, -0.05) is 11.6 Å². The lowest BCUT2D eigenvalue weighted by atomic mass is 10.1. The summed E-state index contributed by atoms with van der Waals surface area (Å²) in [5.74, 6) is 0.657. The number of ether oxygens (including phenoxy) is 1. The van der Waals surface area contributed by atoms with E-state index in [1.165, 1.54) is 0 Å². The molecule has 2 heterocycles. The molecule has 0 aromatic carbocycles. The molecule has 0 aliphatic rings. The Morgan fingerprint density at radius 2 is 2.24 bits per heavy atom. The zero-order valence-corrected chi connectivity index (χ0v) is 10.1. The molecule has 1 unspecified atom stereocenters. The van der Waals surface area contributed by atoms with E-state index in [2.05, 4.69) is 9.97 Å². The summed E-state index contributed by atoms with van der Waals surface area (Å²) in [6, 6.07) is 4.94. The highest BCUT2D eigenvalue weighted by atomic mass is 35.5. The maximum absolute atomic E-state index is 6.10. The van der Waals surface area contributed by atoms with Gasteiger partial charge in [-0.05, 0) is 23.8 Å². The third-order valence-corrected chi connectivity index (χ3v) is 2.73. The molecular weight excluding hydrogens is 238 g/mol. The second kappa shape index (κ2) is 5.12. The van der Waals surface area contributed by atoms with E-state index in [1.54, 1.807) is 37.8 Å². The van der Waals surface area contributed by atoms with Crippen LogP contribution >= 0.6 is 11.6 Å². The summed E-state index contributed by atoms with van der Waals surface area (Å²) in [6.45, 7) is 0. The topological polar surface area (TPSA) is 61.0 Å². The molecular formula is C12H12ClN3O. The largest absolute Gasteiger partial charge is 0.495 e. The lowest BCUT2D eigenvalue weighted by Crippen LogP contribution is -2.14. The molecule has 0 amide bonds. The molecule has 0 aliphatic carbocycles. The molecule has 0 saturated carbocycles. The molecule has 0 bridgehead atoms. The van der Waals surface area contributed by atoms with Crippen molar-refractivity contribution in [2.45, 2.75) is 6.04 Å². The SMILES string of the molecule is COc1cncc(C(N)c2ncccc2Cl)c1. The van der Waals surface area contributed by atoms with Crippen molar-refractivity contribution in [3.8, 4) is 5.75 Å². The molecule has 2 N–H and O–H groups in total. The van der Waals surface area contributed by atoms with Crippen molar-refractivity contribution < 1.29 is 4.74 Å². The fourth-order valence-corrected chi connectivity index (χ4v) is 1.74.